The number of methoxy groups -OCH3 is 2. The normalized spacial score (nSPS) is 10.6. The van der Waals surface area contributed by atoms with E-state index < -0.39 is 0 Å². The van der Waals surface area contributed by atoms with Gasteiger partial charge in [-0.25, -0.2) is 0 Å². The van der Waals surface area contributed by atoms with Crippen molar-refractivity contribution in [3.63, 3.8) is 0 Å². The fraction of sp³-hybridized carbons (Fsp3) is 0.318. The number of rotatable bonds is 9. The summed E-state index contributed by atoms with van der Waals surface area (Å²) in [5, 5.41) is 12.3. The molecule has 0 atom stereocenters. The number of aromatic nitrogens is 3. The summed E-state index contributed by atoms with van der Waals surface area (Å²) in [6.45, 7) is 2.74. The third kappa shape index (κ3) is 5.29. The first-order chi connectivity index (χ1) is 15.0. The Hall–Kier alpha value is -3.20. The fourth-order valence-electron chi connectivity index (χ4n) is 3.04. The lowest BCUT2D eigenvalue weighted by Crippen LogP contribution is -2.15. The Morgan fingerprint density at radius 2 is 1.94 bits per heavy atom. The number of carbonyl (C=O) groups excluding carboxylic acids is 1. The van der Waals surface area contributed by atoms with Gasteiger partial charge >= 0.3 is 0 Å². The molecule has 8 nitrogen and oxygen atoms in total. The second-order valence-corrected chi connectivity index (χ2v) is 7.84. The van der Waals surface area contributed by atoms with E-state index in [4.69, 9.17) is 9.47 Å². The van der Waals surface area contributed by atoms with E-state index in [1.54, 1.807) is 32.4 Å². The monoisotopic (exact) mass is 441 g/mol. The first-order valence-electron chi connectivity index (χ1n) is 9.82. The average Bonchev–Trinajstić information content (AvgIpc) is 3.21. The SMILES string of the molecule is CCn1c(SCC(=O)Nc2ccc(OC)cc2OC)nnc1-c1cccc(N(C)C)c1. The highest BCUT2D eigenvalue weighted by Crippen LogP contribution is 2.30. The summed E-state index contributed by atoms with van der Waals surface area (Å²) in [6.07, 6.45) is 0. The zero-order chi connectivity index (χ0) is 22.4. The lowest BCUT2D eigenvalue weighted by Gasteiger charge is -2.14. The maximum Gasteiger partial charge on any atom is 0.234 e. The van der Waals surface area contributed by atoms with Crippen LogP contribution in [0.5, 0.6) is 11.5 Å². The van der Waals surface area contributed by atoms with Gasteiger partial charge in [-0.3, -0.25) is 4.79 Å². The zero-order valence-corrected chi connectivity index (χ0v) is 19.2. The van der Waals surface area contributed by atoms with Gasteiger partial charge in [0.05, 0.1) is 25.7 Å². The molecule has 0 bridgehead atoms. The molecule has 0 fully saturated rings. The molecule has 1 N–H and O–H groups in total. The Labute approximate surface area is 186 Å². The number of hydrogen-bond donors (Lipinski definition) is 1. The van der Waals surface area contributed by atoms with Crippen molar-refractivity contribution in [1.82, 2.24) is 14.8 Å². The minimum Gasteiger partial charge on any atom is -0.497 e. The number of anilines is 2. The fourth-order valence-corrected chi connectivity index (χ4v) is 3.84. The number of benzene rings is 2. The van der Waals surface area contributed by atoms with E-state index in [1.165, 1.54) is 11.8 Å². The average molecular weight is 442 g/mol. The molecule has 0 aliphatic heterocycles. The van der Waals surface area contributed by atoms with E-state index >= 15 is 0 Å². The summed E-state index contributed by atoms with van der Waals surface area (Å²) in [5.74, 6) is 2.02. The number of nitrogens with zero attached hydrogens (tertiary/aromatic N) is 4. The van der Waals surface area contributed by atoms with Crippen molar-refractivity contribution in [2.24, 2.45) is 0 Å². The van der Waals surface area contributed by atoms with Crippen LogP contribution in [0.2, 0.25) is 0 Å². The predicted molar refractivity (Wildman–Crippen MR) is 124 cm³/mol. The molecule has 3 rings (SSSR count). The molecule has 0 saturated carbocycles. The van der Waals surface area contributed by atoms with Gasteiger partial charge in [0.15, 0.2) is 11.0 Å². The molecular weight excluding hydrogens is 414 g/mol. The second-order valence-electron chi connectivity index (χ2n) is 6.90. The number of nitrogens with one attached hydrogen (secondary N) is 1. The molecule has 1 heterocycles. The van der Waals surface area contributed by atoms with Gasteiger partial charge < -0.3 is 24.3 Å². The van der Waals surface area contributed by atoms with Crippen LogP contribution in [0.25, 0.3) is 11.4 Å². The Balaban J connectivity index is 1.71. The molecule has 1 aromatic heterocycles. The van der Waals surface area contributed by atoms with E-state index in [0.29, 0.717) is 28.9 Å². The number of carbonyl (C=O) groups is 1. The van der Waals surface area contributed by atoms with Crippen LogP contribution in [0, 0.1) is 0 Å². The number of hydrogen-bond acceptors (Lipinski definition) is 7. The van der Waals surface area contributed by atoms with Crippen molar-refractivity contribution in [3.05, 3.63) is 42.5 Å². The van der Waals surface area contributed by atoms with E-state index in [9.17, 15) is 4.79 Å². The minimum absolute atomic E-state index is 0.157. The molecule has 2 aromatic carbocycles. The lowest BCUT2D eigenvalue weighted by atomic mass is 10.2. The minimum atomic E-state index is -0.157. The summed E-state index contributed by atoms with van der Waals surface area (Å²) < 4.78 is 12.5. The first kappa shape index (κ1) is 22.5. The molecule has 164 valence electrons. The molecule has 0 radical (unpaired) electrons. The summed E-state index contributed by atoms with van der Waals surface area (Å²) in [6, 6.07) is 13.4. The third-order valence-electron chi connectivity index (χ3n) is 4.67. The Morgan fingerprint density at radius 3 is 2.61 bits per heavy atom. The van der Waals surface area contributed by atoms with Crippen molar-refractivity contribution < 1.29 is 14.3 Å². The van der Waals surface area contributed by atoms with Crippen LogP contribution in [-0.4, -0.2) is 54.7 Å². The van der Waals surface area contributed by atoms with Gasteiger partial charge in [-0.2, -0.15) is 0 Å². The van der Waals surface area contributed by atoms with Crippen molar-refractivity contribution in [2.45, 2.75) is 18.6 Å². The highest BCUT2D eigenvalue weighted by Gasteiger charge is 2.16. The maximum absolute atomic E-state index is 12.5. The molecule has 3 aromatic rings. The molecule has 0 saturated heterocycles. The smallest absolute Gasteiger partial charge is 0.234 e. The van der Waals surface area contributed by atoms with Crippen LogP contribution >= 0.6 is 11.8 Å². The van der Waals surface area contributed by atoms with E-state index in [0.717, 1.165) is 17.1 Å². The van der Waals surface area contributed by atoms with E-state index in [1.807, 2.05) is 48.7 Å². The topological polar surface area (TPSA) is 81.5 Å². The van der Waals surface area contributed by atoms with Crippen LogP contribution < -0.4 is 19.7 Å². The Morgan fingerprint density at radius 1 is 1.13 bits per heavy atom. The zero-order valence-electron chi connectivity index (χ0n) is 18.4. The van der Waals surface area contributed by atoms with Gasteiger partial charge in [0, 0.05) is 38.0 Å². The number of ether oxygens (including phenoxy) is 2. The van der Waals surface area contributed by atoms with Gasteiger partial charge in [-0.05, 0) is 31.2 Å². The Kier molecular flexibility index (Phi) is 7.41. The third-order valence-corrected chi connectivity index (χ3v) is 5.64. The highest BCUT2D eigenvalue weighted by atomic mass is 32.2. The summed E-state index contributed by atoms with van der Waals surface area (Å²) in [5.41, 5.74) is 2.66. The molecule has 31 heavy (non-hydrogen) atoms. The van der Waals surface area contributed by atoms with E-state index in [-0.39, 0.29) is 11.7 Å². The van der Waals surface area contributed by atoms with Gasteiger partial charge in [0.1, 0.15) is 11.5 Å². The quantitative estimate of drug-likeness (QED) is 0.506. The summed E-state index contributed by atoms with van der Waals surface area (Å²) in [7, 11) is 7.14. The van der Waals surface area contributed by atoms with Gasteiger partial charge in [0.2, 0.25) is 5.91 Å². The van der Waals surface area contributed by atoms with Crippen molar-refractivity contribution >= 4 is 29.0 Å². The van der Waals surface area contributed by atoms with Gasteiger partial charge in [-0.1, -0.05) is 23.9 Å². The molecule has 0 spiro atoms. The van der Waals surface area contributed by atoms with Crippen LogP contribution in [0.15, 0.2) is 47.6 Å². The Bertz CT molecular complexity index is 1050. The van der Waals surface area contributed by atoms with Crippen molar-refractivity contribution in [1.29, 1.82) is 0 Å². The second kappa shape index (κ2) is 10.2. The molecule has 9 heteroatoms. The number of amides is 1. The molecular formula is C22H27N5O3S. The molecule has 0 unspecified atom stereocenters. The molecule has 0 aliphatic rings. The standard InChI is InChI=1S/C22H27N5O3S/c1-6-27-21(15-8-7-9-16(12-15)26(2)3)24-25-22(27)31-14-20(28)23-18-11-10-17(29-4)13-19(18)30-5/h7-13H,6,14H2,1-5H3,(H,23,28). The first-order valence-corrected chi connectivity index (χ1v) is 10.8. The van der Waals surface area contributed by atoms with Gasteiger partial charge in [-0.15, -0.1) is 10.2 Å². The molecule has 1 amide bonds. The molecule has 0 aliphatic carbocycles. The van der Waals surface area contributed by atoms with Gasteiger partial charge in [0.25, 0.3) is 0 Å². The van der Waals surface area contributed by atoms with Crippen LogP contribution in [0.1, 0.15) is 6.92 Å². The van der Waals surface area contributed by atoms with Crippen LogP contribution in [0.4, 0.5) is 11.4 Å². The summed E-state index contributed by atoms with van der Waals surface area (Å²) >= 11 is 1.35. The largest absolute Gasteiger partial charge is 0.497 e. The van der Waals surface area contributed by atoms with E-state index in [2.05, 4.69) is 21.6 Å². The summed E-state index contributed by atoms with van der Waals surface area (Å²) in [4.78, 5) is 14.6. The number of thioether (sulfide) groups is 1. The maximum atomic E-state index is 12.5. The lowest BCUT2D eigenvalue weighted by molar-refractivity contribution is -0.113. The van der Waals surface area contributed by atoms with Crippen LogP contribution in [0.3, 0.4) is 0 Å². The van der Waals surface area contributed by atoms with Crippen molar-refractivity contribution in [2.75, 3.05) is 44.3 Å². The van der Waals surface area contributed by atoms with Crippen LogP contribution in [-0.2, 0) is 11.3 Å². The predicted octanol–water partition coefficient (Wildman–Crippen LogP) is 3.78. The van der Waals surface area contributed by atoms with Crippen molar-refractivity contribution in [3.8, 4) is 22.9 Å². The highest BCUT2D eigenvalue weighted by molar-refractivity contribution is 7.99.